The lowest BCUT2D eigenvalue weighted by Crippen LogP contribution is -2.29. The van der Waals surface area contributed by atoms with E-state index < -0.39 is 17.7 Å². The van der Waals surface area contributed by atoms with Crippen molar-refractivity contribution in [2.75, 3.05) is 13.4 Å². The standard InChI is InChI=1S/C33H35NO6/c1-20(2)18-38-25-13-9-23(10-14-25)30(35)28-29(22-7-11-24(12-8-22)33(3,4)5)34(32(37)31(28)36)17-21-6-15-26-27(16-21)40-19-39-26/h6-16,20,29,35H,17-19H2,1-5H3/b30-28+. The number of hydrogen-bond acceptors (Lipinski definition) is 6. The molecule has 0 spiro atoms. The number of ketones is 1. The first-order valence-corrected chi connectivity index (χ1v) is 13.5. The zero-order chi connectivity index (χ0) is 28.6. The van der Waals surface area contributed by atoms with Gasteiger partial charge in [-0.15, -0.1) is 0 Å². The first kappa shape index (κ1) is 27.3. The van der Waals surface area contributed by atoms with Crippen molar-refractivity contribution in [3.05, 3.63) is 94.6 Å². The van der Waals surface area contributed by atoms with Gasteiger partial charge in [-0.1, -0.05) is 65.0 Å². The Morgan fingerprint density at radius 3 is 2.30 bits per heavy atom. The van der Waals surface area contributed by atoms with Gasteiger partial charge in [-0.2, -0.15) is 0 Å². The fourth-order valence-electron chi connectivity index (χ4n) is 4.92. The van der Waals surface area contributed by atoms with Crippen LogP contribution in [0.4, 0.5) is 0 Å². The molecule has 7 nitrogen and oxygen atoms in total. The molecular formula is C33H35NO6. The maximum Gasteiger partial charge on any atom is 0.295 e. The van der Waals surface area contributed by atoms with E-state index in [1.807, 2.05) is 36.4 Å². The van der Waals surface area contributed by atoms with Crippen molar-refractivity contribution in [2.45, 2.75) is 52.6 Å². The average molecular weight is 542 g/mol. The third kappa shape index (κ3) is 5.41. The highest BCUT2D eigenvalue weighted by Crippen LogP contribution is 2.42. The molecule has 0 saturated carbocycles. The number of benzene rings is 3. The smallest absolute Gasteiger partial charge is 0.295 e. The molecule has 0 aliphatic carbocycles. The molecule has 0 aromatic heterocycles. The van der Waals surface area contributed by atoms with Gasteiger partial charge in [-0.3, -0.25) is 9.59 Å². The summed E-state index contributed by atoms with van der Waals surface area (Å²) in [4.78, 5) is 28.5. The van der Waals surface area contributed by atoms with Crippen molar-refractivity contribution in [1.82, 2.24) is 4.90 Å². The Morgan fingerprint density at radius 1 is 0.975 bits per heavy atom. The number of nitrogens with zero attached hydrogens (tertiary/aromatic N) is 1. The number of hydrogen-bond donors (Lipinski definition) is 1. The highest BCUT2D eigenvalue weighted by Gasteiger charge is 2.46. The van der Waals surface area contributed by atoms with Gasteiger partial charge < -0.3 is 24.2 Å². The minimum atomic E-state index is -0.767. The van der Waals surface area contributed by atoms with E-state index in [0.29, 0.717) is 35.3 Å². The highest BCUT2D eigenvalue weighted by molar-refractivity contribution is 6.46. The molecule has 3 aromatic rings. The molecule has 7 heteroatoms. The Bertz CT molecular complexity index is 1450. The lowest BCUT2D eigenvalue weighted by Gasteiger charge is -2.26. The molecule has 1 fully saturated rings. The molecule has 1 saturated heterocycles. The van der Waals surface area contributed by atoms with E-state index in [2.05, 4.69) is 34.6 Å². The summed E-state index contributed by atoms with van der Waals surface area (Å²) >= 11 is 0. The van der Waals surface area contributed by atoms with Gasteiger partial charge in [0.15, 0.2) is 11.5 Å². The summed E-state index contributed by atoms with van der Waals surface area (Å²) in [6.45, 7) is 11.4. The van der Waals surface area contributed by atoms with E-state index in [9.17, 15) is 14.7 Å². The number of carbonyl (C=O) groups is 2. The van der Waals surface area contributed by atoms with Crippen molar-refractivity contribution in [1.29, 1.82) is 0 Å². The zero-order valence-corrected chi connectivity index (χ0v) is 23.6. The minimum absolute atomic E-state index is 0.0603. The van der Waals surface area contributed by atoms with Crippen LogP contribution in [-0.4, -0.2) is 35.1 Å². The van der Waals surface area contributed by atoms with E-state index in [-0.39, 0.29) is 30.1 Å². The second-order valence-electron chi connectivity index (χ2n) is 11.7. The Labute approximate surface area is 235 Å². The summed E-state index contributed by atoms with van der Waals surface area (Å²) in [7, 11) is 0. The third-order valence-electron chi connectivity index (χ3n) is 7.13. The Kier molecular flexibility index (Phi) is 7.32. The summed E-state index contributed by atoms with van der Waals surface area (Å²) in [5.41, 5.74) is 3.09. The molecular weight excluding hydrogens is 506 g/mol. The molecule has 0 bridgehead atoms. The lowest BCUT2D eigenvalue weighted by molar-refractivity contribution is -0.140. The zero-order valence-electron chi connectivity index (χ0n) is 23.6. The largest absolute Gasteiger partial charge is 0.507 e. The SMILES string of the molecule is CC(C)COc1ccc(/C(O)=C2\C(=O)C(=O)N(Cc3ccc4c(c3)OCO4)C2c2ccc(C(C)(C)C)cc2)cc1. The monoisotopic (exact) mass is 541 g/mol. The Hall–Kier alpha value is -4.26. The van der Waals surface area contributed by atoms with Crippen LogP contribution in [-0.2, 0) is 21.5 Å². The van der Waals surface area contributed by atoms with Crippen LogP contribution < -0.4 is 14.2 Å². The number of amides is 1. The fraction of sp³-hybridized carbons (Fsp3) is 0.333. The molecule has 2 aliphatic heterocycles. The second-order valence-corrected chi connectivity index (χ2v) is 11.7. The summed E-state index contributed by atoms with van der Waals surface area (Å²) in [5, 5.41) is 11.4. The van der Waals surface area contributed by atoms with Gasteiger partial charge in [0.1, 0.15) is 11.5 Å². The van der Waals surface area contributed by atoms with E-state index >= 15 is 0 Å². The van der Waals surface area contributed by atoms with Crippen LogP contribution >= 0.6 is 0 Å². The first-order chi connectivity index (χ1) is 19.0. The van der Waals surface area contributed by atoms with Gasteiger partial charge in [0, 0.05) is 12.1 Å². The highest BCUT2D eigenvalue weighted by atomic mass is 16.7. The Morgan fingerprint density at radius 2 is 1.65 bits per heavy atom. The fourth-order valence-corrected chi connectivity index (χ4v) is 4.92. The predicted molar refractivity (Wildman–Crippen MR) is 152 cm³/mol. The number of Topliss-reactive ketones (excluding diaryl/α,β-unsaturated/α-hetero) is 1. The molecule has 1 N–H and O–H groups in total. The van der Waals surface area contributed by atoms with Gasteiger partial charge in [-0.25, -0.2) is 0 Å². The molecule has 0 radical (unpaired) electrons. The van der Waals surface area contributed by atoms with Gasteiger partial charge in [0.25, 0.3) is 11.7 Å². The molecule has 208 valence electrons. The summed E-state index contributed by atoms with van der Waals surface area (Å²) in [6, 6.07) is 19.5. The van der Waals surface area contributed by atoms with E-state index in [1.165, 1.54) is 4.90 Å². The van der Waals surface area contributed by atoms with Crippen molar-refractivity contribution in [3.63, 3.8) is 0 Å². The van der Waals surface area contributed by atoms with Gasteiger partial charge in [0.2, 0.25) is 6.79 Å². The molecule has 5 rings (SSSR count). The average Bonchev–Trinajstić information content (AvgIpc) is 3.49. The lowest BCUT2D eigenvalue weighted by atomic mass is 9.85. The van der Waals surface area contributed by atoms with Gasteiger partial charge in [-0.05, 0) is 64.4 Å². The van der Waals surface area contributed by atoms with Crippen LogP contribution in [0.25, 0.3) is 5.76 Å². The first-order valence-electron chi connectivity index (χ1n) is 13.5. The molecule has 1 atom stereocenters. The van der Waals surface area contributed by atoms with Crippen molar-refractivity contribution in [2.24, 2.45) is 5.92 Å². The molecule has 1 amide bonds. The number of carbonyl (C=O) groups excluding carboxylic acids is 2. The number of likely N-dealkylation sites (tertiary alicyclic amines) is 1. The van der Waals surface area contributed by atoms with Crippen molar-refractivity contribution >= 4 is 17.4 Å². The molecule has 2 heterocycles. The van der Waals surface area contributed by atoms with Crippen LogP contribution in [0.1, 0.15) is 62.9 Å². The number of ether oxygens (including phenoxy) is 3. The van der Waals surface area contributed by atoms with Crippen LogP contribution in [0.2, 0.25) is 0 Å². The summed E-state index contributed by atoms with van der Waals surface area (Å²) in [6.07, 6.45) is 0. The molecule has 3 aromatic carbocycles. The number of aliphatic hydroxyl groups is 1. The van der Waals surface area contributed by atoms with Gasteiger partial charge in [0.05, 0.1) is 18.2 Å². The summed E-state index contributed by atoms with van der Waals surface area (Å²) < 4.78 is 16.7. The maximum absolute atomic E-state index is 13.5. The minimum Gasteiger partial charge on any atom is -0.507 e. The number of fused-ring (bicyclic) bond motifs is 1. The van der Waals surface area contributed by atoms with Crippen LogP contribution in [0.15, 0.2) is 72.3 Å². The van der Waals surface area contributed by atoms with Crippen LogP contribution in [0, 0.1) is 5.92 Å². The molecule has 1 unspecified atom stereocenters. The summed E-state index contributed by atoms with van der Waals surface area (Å²) in [5.74, 6) is 0.679. The third-order valence-corrected chi connectivity index (χ3v) is 7.13. The van der Waals surface area contributed by atoms with E-state index in [0.717, 1.165) is 16.7 Å². The van der Waals surface area contributed by atoms with Crippen LogP contribution in [0.5, 0.6) is 17.2 Å². The van der Waals surface area contributed by atoms with Crippen LogP contribution in [0.3, 0.4) is 0 Å². The second kappa shape index (κ2) is 10.7. The maximum atomic E-state index is 13.5. The topological polar surface area (TPSA) is 85.3 Å². The molecule has 2 aliphatic rings. The van der Waals surface area contributed by atoms with E-state index in [1.54, 1.807) is 30.3 Å². The quantitative estimate of drug-likeness (QED) is 0.213. The Balaban J connectivity index is 1.55. The normalized spacial score (nSPS) is 18.1. The van der Waals surface area contributed by atoms with Crippen molar-refractivity contribution < 1.29 is 28.9 Å². The predicted octanol–water partition coefficient (Wildman–Crippen LogP) is 6.37. The molecule has 40 heavy (non-hydrogen) atoms. The number of aliphatic hydroxyl groups excluding tert-OH is 1. The van der Waals surface area contributed by atoms with Crippen molar-refractivity contribution in [3.8, 4) is 17.2 Å². The number of rotatable bonds is 7. The van der Waals surface area contributed by atoms with Gasteiger partial charge >= 0.3 is 0 Å². The van der Waals surface area contributed by atoms with E-state index in [4.69, 9.17) is 14.2 Å².